The molecule has 2 rings (SSSR count). The van der Waals surface area contributed by atoms with Gasteiger partial charge in [-0.25, -0.2) is 0 Å². The van der Waals surface area contributed by atoms with E-state index in [9.17, 15) is 0 Å². The Morgan fingerprint density at radius 1 is 1.58 bits per heavy atom. The highest BCUT2D eigenvalue weighted by Gasteiger charge is 2.15. The Hall–Kier alpha value is -1.31. The first-order valence-corrected chi connectivity index (χ1v) is 4.18. The minimum Gasteiger partial charge on any atom is -0.402 e. The van der Waals surface area contributed by atoms with E-state index in [0.29, 0.717) is 5.92 Å². The van der Waals surface area contributed by atoms with E-state index in [1.165, 1.54) is 11.3 Å². The molecule has 1 aromatic rings. The van der Waals surface area contributed by atoms with Crippen LogP contribution in [0.25, 0.3) is 6.08 Å². The van der Waals surface area contributed by atoms with Gasteiger partial charge in [0.2, 0.25) is 0 Å². The van der Waals surface area contributed by atoms with Gasteiger partial charge in [-0.05, 0) is 24.1 Å². The maximum absolute atomic E-state index is 5.83. The van der Waals surface area contributed by atoms with Gasteiger partial charge in [0.25, 0.3) is 0 Å². The van der Waals surface area contributed by atoms with Crippen molar-refractivity contribution in [3.8, 4) is 0 Å². The molecule has 2 heteroatoms. The SMILES string of the molecule is CC1Cc2ncccc2C=C1N. The number of hydrogen-bond acceptors (Lipinski definition) is 2. The van der Waals surface area contributed by atoms with E-state index in [2.05, 4.69) is 18.0 Å². The van der Waals surface area contributed by atoms with Crippen molar-refractivity contribution in [2.75, 3.05) is 0 Å². The lowest BCUT2D eigenvalue weighted by molar-refractivity contribution is 0.650. The Morgan fingerprint density at radius 3 is 3.25 bits per heavy atom. The zero-order valence-electron chi connectivity index (χ0n) is 7.12. The van der Waals surface area contributed by atoms with Crippen LogP contribution in [0.2, 0.25) is 0 Å². The van der Waals surface area contributed by atoms with Gasteiger partial charge < -0.3 is 5.73 Å². The highest BCUT2D eigenvalue weighted by molar-refractivity contribution is 5.57. The van der Waals surface area contributed by atoms with Crippen LogP contribution in [0, 0.1) is 5.92 Å². The fourth-order valence-electron chi connectivity index (χ4n) is 1.48. The van der Waals surface area contributed by atoms with Gasteiger partial charge in [0.1, 0.15) is 0 Å². The lowest BCUT2D eigenvalue weighted by Crippen LogP contribution is -2.16. The van der Waals surface area contributed by atoms with Crippen LogP contribution in [0.3, 0.4) is 0 Å². The van der Waals surface area contributed by atoms with E-state index in [0.717, 1.165) is 12.1 Å². The van der Waals surface area contributed by atoms with Crippen molar-refractivity contribution in [2.45, 2.75) is 13.3 Å². The molecule has 0 radical (unpaired) electrons. The molecule has 2 nitrogen and oxygen atoms in total. The van der Waals surface area contributed by atoms with Crippen molar-refractivity contribution in [2.24, 2.45) is 11.7 Å². The highest BCUT2D eigenvalue weighted by atomic mass is 14.7. The van der Waals surface area contributed by atoms with E-state index in [-0.39, 0.29) is 0 Å². The van der Waals surface area contributed by atoms with E-state index in [1.807, 2.05) is 18.3 Å². The molecule has 2 N–H and O–H groups in total. The molecule has 1 heterocycles. The number of pyridine rings is 1. The van der Waals surface area contributed by atoms with E-state index in [4.69, 9.17) is 5.73 Å². The predicted octanol–water partition coefficient (Wildman–Crippen LogP) is 1.57. The van der Waals surface area contributed by atoms with Gasteiger partial charge >= 0.3 is 0 Å². The Morgan fingerprint density at radius 2 is 2.42 bits per heavy atom. The molecule has 0 saturated carbocycles. The summed E-state index contributed by atoms with van der Waals surface area (Å²) in [6.45, 7) is 2.13. The van der Waals surface area contributed by atoms with Crippen LogP contribution in [0.15, 0.2) is 24.0 Å². The van der Waals surface area contributed by atoms with Crippen molar-refractivity contribution >= 4 is 6.08 Å². The summed E-state index contributed by atoms with van der Waals surface area (Å²) in [5.74, 6) is 0.437. The Labute approximate surface area is 72.1 Å². The number of aromatic nitrogens is 1. The number of allylic oxidation sites excluding steroid dienone is 1. The van der Waals surface area contributed by atoms with Crippen LogP contribution in [0.1, 0.15) is 18.2 Å². The third-order valence-corrected chi connectivity index (χ3v) is 2.32. The van der Waals surface area contributed by atoms with Crippen LogP contribution in [0.5, 0.6) is 0 Å². The fraction of sp³-hybridized carbons (Fsp3) is 0.300. The summed E-state index contributed by atoms with van der Waals surface area (Å²) < 4.78 is 0. The van der Waals surface area contributed by atoms with Gasteiger partial charge in [-0.15, -0.1) is 0 Å². The largest absolute Gasteiger partial charge is 0.402 e. The number of nitrogens with zero attached hydrogens (tertiary/aromatic N) is 1. The second-order valence-electron chi connectivity index (χ2n) is 3.29. The molecule has 0 bridgehead atoms. The van der Waals surface area contributed by atoms with E-state index in [1.54, 1.807) is 0 Å². The minimum absolute atomic E-state index is 0.437. The summed E-state index contributed by atoms with van der Waals surface area (Å²) in [6.07, 6.45) is 4.83. The van der Waals surface area contributed by atoms with Gasteiger partial charge in [-0.1, -0.05) is 13.0 Å². The molecular weight excluding hydrogens is 148 g/mol. The lowest BCUT2D eigenvalue weighted by Gasteiger charge is -2.18. The summed E-state index contributed by atoms with van der Waals surface area (Å²) in [4.78, 5) is 4.30. The van der Waals surface area contributed by atoms with E-state index >= 15 is 0 Å². The monoisotopic (exact) mass is 160 g/mol. The third-order valence-electron chi connectivity index (χ3n) is 2.32. The molecule has 0 aliphatic heterocycles. The zero-order valence-corrected chi connectivity index (χ0v) is 7.12. The van der Waals surface area contributed by atoms with Crippen molar-refractivity contribution in [3.05, 3.63) is 35.3 Å². The van der Waals surface area contributed by atoms with Gasteiger partial charge in [-0.2, -0.15) is 0 Å². The smallest absolute Gasteiger partial charge is 0.0483 e. The van der Waals surface area contributed by atoms with Crippen molar-refractivity contribution < 1.29 is 0 Å². The molecule has 1 aliphatic carbocycles. The first kappa shape index (κ1) is 7.35. The molecule has 62 valence electrons. The molecule has 0 spiro atoms. The predicted molar refractivity (Wildman–Crippen MR) is 49.3 cm³/mol. The molecule has 1 aliphatic rings. The standard InChI is InChI=1S/C10H12N2/c1-7-5-10-8(6-9(7)11)3-2-4-12-10/h2-4,6-7H,5,11H2,1H3. The van der Waals surface area contributed by atoms with Crippen LogP contribution < -0.4 is 5.73 Å². The van der Waals surface area contributed by atoms with E-state index < -0.39 is 0 Å². The molecule has 12 heavy (non-hydrogen) atoms. The summed E-state index contributed by atoms with van der Waals surface area (Å²) in [5.41, 5.74) is 9.13. The molecule has 0 amide bonds. The normalized spacial score (nSPS) is 21.4. The maximum atomic E-state index is 5.83. The minimum atomic E-state index is 0.437. The first-order valence-electron chi connectivity index (χ1n) is 4.18. The molecule has 0 fully saturated rings. The van der Waals surface area contributed by atoms with Crippen molar-refractivity contribution in [1.82, 2.24) is 4.98 Å². The average Bonchev–Trinajstić information content (AvgIpc) is 2.07. The lowest BCUT2D eigenvalue weighted by atomic mass is 9.92. The third kappa shape index (κ3) is 1.09. The number of rotatable bonds is 0. The average molecular weight is 160 g/mol. The van der Waals surface area contributed by atoms with Crippen LogP contribution in [-0.4, -0.2) is 4.98 Å². The van der Waals surface area contributed by atoms with Crippen molar-refractivity contribution in [1.29, 1.82) is 0 Å². The molecule has 0 saturated heterocycles. The van der Waals surface area contributed by atoms with Crippen LogP contribution >= 0.6 is 0 Å². The Balaban J connectivity index is 2.49. The highest BCUT2D eigenvalue weighted by Crippen LogP contribution is 2.23. The summed E-state index contributed by atoms with van der Waals surface area (Å²) >= 11 is 0. The molecule has 1 aromatic heterocycles. The van der Waals surface area contributed by atoms with Crippen LogP contribution in [0.4, 0.5) is 0 Å². The Bertz CT molecular complexity index is 328. The van der Waals surface area contributed by atoms with Gasteiger partial charge in [-0.3, -0.25) is 4.98 Å². The van der Waals surface area contributed by atoms with Crippen molar-refractivity contribution in [3.63, 3.8) is 0 Å². The first-order chi connectivity index (χ1) is 5.77. The molecule has 1 atom stereocenters. The fourth-order valence-corrected chi connectivity index (χ4v) is 1.48. The Kier molecular flexibility index (Phi) is 1.61. The summed E-state index contributed by atoms with van der Waals surface area (Å²) in [7, 11) is 0. The van der Waals surface area contributed by atoms with Gasteiger partial charge in [0.15, 0.2) is 0 Å². The maximum Gasteiger partial charge on any atom is 0.0483 e. The second kappa shape index (κ2) is 2.63. The molecule has 1 unspecified atom stereocenters. The quantitative estimate of drug-likeness (QED) is 0.625. The topological polar surface area (TPSA) is 38.9 Å². The second-order valence-corrected chi connectivity index (χ2v) is 3.29. The number of hydrogen-bond donors (Lipinski definition) is 1. The molecular formula is C10H12N2. The zero-order chi connectivity index (χ0) is 8.55. The summed E-state index contributed by atoms with van der Waals surface area (Å²) in [6, 6.07) is 4.00. The van der Waals surface area contributed by atoms with Crippen LogP contribution in [-0.2, 0) is 6.42 Å². The number of fused-ring (bicyclic) bond motifs is 1. The summed E-state index contributed by atoms with van der Waals surface area (Å²) in [5, 5.41) is 0. The van der Waals surface area contributed by atoms with Gasteiger partial charge in [0, 0.05) is 23.5 Å². The molecule has 0 aromatic carbocycles. The number of nitrogens with two attached hydrogens (primary N) is 1. The van der Waals surface area contributed by atoms with Gasteiger partial charge in [0.05, 0.1) is 0 Å².